The van der Waals surface area contributed by atoms with Crippen molar-refractivity contribution < 1.29 is 23.9 Å². The number of halogens is 1. The van der Waals surface area contributed by atoms with Gasteiger partial charge in [0.05, 0.1) is 5.56 Å². The molecular weight excluding hydrogens is 465 g/mol. The van der Waals surface area contributed by atoms with Crippen molar-refractivity contribution in [2.45, 2.75) is 38.1 Å². The summed E-state index contributed by atoms with van der Waals surface area (Å²) in [6.45, 7) is 1.52. The molecule has 1 aromatic rings. The zero-order chi connectivity index (χ0) is 19.6. The largest absolute Gasteiger partial charge is 0.452 e. The molecule has 2 aliphatic rings. The Morgan fingerprint density at radius 3 is 2.70 bits per heavy atom. The molecule has 1 aliphatic carbocycles. The molecule has 1 heterocycles. The number of imide groups is 1. The van der Waals surface area contributed by atoms with Gasteiger partial charge in [0.2, 0.25) is 0 Å². The Bertz CT molecular complexity index is 789. The van der Waals surface area contributed by atoms with Crippen molar-refractivity contribution in [2.24, 2.45) is 5.92 Å². The number of hydrogen-bond donors (Lipinski definition) is 2. The van der Waals surface area contributed by atoms with E-state index in [1.807, 2.05) is 6.07 Å². The lowest BCUT2D eigenvalue weighted by Gasteiger charge is -2.33. The van der Waals surface area contributed by atoms with Crippen molar-refractivity contribution in [2.75, 3.05) is 6.61 Å². The molecule has 1 saturated carbocycles. The summed E-state index contributed by atoms with van der Waals surface area (Å²) in [5, 5.41) is 3.40. The molecule has 27 heavy (non-hydrogen) atoms. The highest BCUT2D eigenvalue weighted by atomic mass is 127. The van der Waals surface area contributed by atoms with Crippen molar-refractivity contribution >= 4 is 46.4 Å². The fraction of sp³-hybridized carbons (Fsp3) is 0.444. The lowest BCUT2D eigenvalue weighted by Crippen LogP contribution is -2.52. The van der Waals surface area contributed by atoms with Crippen LogP contribution in [0.15, 0.2) is 24.3 Å². The minimum atomic E-state index is -0.936. The van der Waals surface area contributed by atoms with Crippen LogP contribution in [0.3, 0.4) is 0 Å². The van der Waals surface area contributed by atoms with Crippen LogP contribution in [0.4, 0.5) is 4.79 Å². The van der Waals surface area contributed by atoms with Crippen LogP contribution in [-0.2, 0) is 14.3 Å². The zero-order valence-corrected chi connectivity index (χ0v) is 16.9. The van der Waals surface area contributed by atoms with Gasteiger partial charge in [-0.05, 0) is 72.4 Å². The molecular formula is C18H20IN3O5. The van der Waals surface area contributed by atoms with Crippen LogP contribution in [0, 0.1) is 9.49 Å². The third-order valence-corrected chi connectivity index (χ3v) is 5.59. The summed E-state index contributed by atoms with van der Waals surface area (Å²) < 4.78 is 5.81. The highest BCUT2D eigenvalue weighted by Gasteiger charge is 2.52. The van der Waals surface area contributed by atoms with E-state index < -0.39 is 36.0 Å². The van der Waals surface area contributed by atoms with Crippen LogP contribution in [-0.4, -0.2) is 41.0 Å². The number of amides is 4. The first kappa shape index (κ1) is 19.6. The molecule has 0 bridgehead atoms. The van der Waals surface area contributed by atoms with Gasteiger partial charge in [-0.15, -0.1) is 0 Å². The molecule has 4 amide bonds. The van der Waals surface area contributed by atoms with Gasteiger partial charge in [-0.2, -0.15) is 5.01 Å². The number of nitrogens with zero attached hydrogens (tertiary/aromatic N) is 1. The van der Waals surface area contributed by atoms with E-state index in [0.717, 1.165) is 16.4 Å². The lowest BCUT2D eigenvalue weighted by molar-refractivity contribution is -0.141. The number of benzene rings is 1. The number of carbonyl (C=O) groups excluding carboxylic acids is 4. The Balaban J connectivity index is 1.55. The summed E-state index contributed by atoms with van der Waals surface area (Å²) >= 11 is 2.06. The minimum Gasteiger partial charge on any atom is -0.452 e. The summed E-state index contributed by atoms with van der Waals surface area (Å²) in [5.41, 5.74) is 1.62. The standard InChI is InChI=1S/C18H20IN3O5/c1-11-5-7-18(8-6-11)16(25)22(17(26)20-18)21-14(23)10-27-15(24)12-3-2-4-13(19)9-12/h2-4,9,11H,5-8,10H2,1H3,(H,20,26)(H,21,23). The molecule has 0 unspecified atom stereocenters. The summed E-state index contributed by atoms with van der Waals surface area (Å²) in [6, 6.07) is 6.08. The van der Waals surface area contributed by atoms with Gasteiger partial charge >= 0.3 is 12.0 Å². The van der Waals surface area contributed by atoms with Crippen LogP contribution in [0.1, 0.15) is 43.0 Å². The quantitative estimate of drug-likeness (QED) is 0.386. The Kier molecular flexibility index (Phi) is 5.68. The molecule has 0 aromatic heterocycles. The fourth-order valence-electron chi connectivity index (χ4n) is 3.30. The Morgan fingerprint density at radius 2 is 2.04 bits per heavy atom. The first-order chi connectivity index (χ1) is 12.8. The second kappa shape index (κ2) is 7.83. The van der Waals surface area contributed by atoms with Crippen molar-refractivity contribution in [3.05, 3.63) is 33.4 Å². The van der Waals surface area contributed by atoms with Crippen LogP contribution in [0.5, 0.6) is 0 Å². The van der Waals surface area contributed by atoms with E-state index in [1.165, 1.54) is 0 Å². The van der Waals surface area contributed by atoms with E-state index in [-0.39, 0.29) is 0 Å². The second-order valence-corrected chi connectivity index (χ2v) is 8.20. The molecule has 1 spiro atoms. The molecule has 2 fully saturated rings. The highest BCUT2D eigenvalue weighted by Crippen LogP contribution is 2.35. The smallest absolute Gasteiger partial charge is 0.344 e. The number of urea groups is 1. The number of hydrazine groups is 1. The van der Waals surface area contributed by atoms with E-state index in [0.29, 0.717) is 29.3 Å². The molecule has 9 heteroatoms. The summed E-state index contributed by atoms with van der Waals surface area (Å²) in [5.74, 6) is -1.36. The van der Waals surface area contributed by atoms with Crippen LogP contribution < -0.4 is 10.7 Å². The van der Waals surface area contributed by atoms with Gasteiger partial charge in [0.1, 0.15) is 5.54 Å². The normalized spacial score (nSPS) is 24.7. The predicted molar refractivity (Wildman–Crippen MR) is 103 cm³/mol. The maximum Gasteiger partial charge on any atom is 0.344 e. The third kappa shape index (κ3) is 4.23. The Labute approximate surface area is 170 Å². The average Bonchev–Trinajstić information content (AvgIpc) is 2.86. The van der Waals surface area contributed by atoms with Crippen LogP contribution in [0.2, 0.25) is 0 Å². The van der Waals surface area contributed by atoms with Gasteiger partial charge in [-0.25, -0.2) is 9.59 Å². The Morgan fingerprint density at radius 1 is 1.33 bits per heavy atom. The van der Waals surface area contributed by atoms with E-state index in [1.54, 1.807) is 18.2 Å². The lowest BCUT2D eigenvalue weighted by atomic mass is 9.77. The molecule has 144 valence electrons. The SMILES string of the molecule is CC1CCC2(CC1)NC(=O)N(NC(=O)COC(=O)c1cccc(I)c1)C2=O. The molecule has 1 saturated heterocycles. The molecule has 1 aromatic carbocycles. The maximum atomic E-state index is 12.7. The van der Waals surface area contributed by atoms with Crippen LogP contribution >= 0.6 is 22.6 Å². The van der Waals surface area contributed by atoms with Gasteiger partial charge < -0.3 is 10.1 Å². The van der Waals surface area contributed by atoms with E-state index in [9.17, 15) is 19.2 Å². The van der Waals surface area contributed by atoms with Crippen molar-refractivity contribution in [3.8, 4) is 0 Å². The third-order valence-electron chi connectivity index (χ3n) is 4.92. The van der Waals surface area contributed by atoms with Crippen molar-refractivity contribution in [1.29, 1.82) is 0 Å². The topological polar surface area (TPSA) is 105 Å². The molecule has 1 aliphatic heterocycles. The van der Waals surface area contributed by atoms with Gasteiger partial charge in [-0.1, -0.05) is 13.0 Å². The highest BCUT2D eigenvalue weighted by molar-refractivity contribution is 14.1. The number of nitrogens with one attached hydrogen (secondary N) is 2. The van der Waals surface area contributed by atoms with Crippen molar-refractivity contribution in [1.82, 2.24) is 15.8 Å². The van der Waals surface area contributed by atoms with Gasteiger partial charge in [0.15, 0.2) is 6.61 Å². The monoisotopic (exact) mass is 485 g/mol. The number of esters is 1. The minimum absolute atomic E-state index is 0.319. The summed E-state index contributed by atoms with van der Waals surface area (Å²) in [4.78, 5) is 48.8. The molecule has 3 rings (SSSR count). The average molecular weight is 485 g/mol. The van der Waals surface area contributed by atoms with Gasteiger partial charge in [0.25, 0.3) is 11.8 Å². The number of rotatable bonds is 4. The Hall–Kier alpha value is -2.17. The number of hydrogen-bond acceptors (Lipinski definition) is 5. The van der Waals surface area contributed by atoms with Crippen molar-refractivity contribution in [3.63, 3.8) is 0 Å². The van der Waals surface area contributed by atoms with Gasteiger partial charge in [-0.3, -0.25) is 15.0 Å². The summed E-state index contributed by atoms with van der Waals surface area (Å²) in [6.07, 6.45) is 2.77. The predicted octanol–water partition coefficient (Wildman–Crippen LogP) is 1.98. The van der Waals surface area contributed by atoms with Crippen LogP contribution in [0.25, 0.3) is 0 Å². The molecule has 8 nitrogen and oxygen atoms in total. The van der Waals surface area contributed by atoms with E-state index >= 15 is 0 Å². The number of ether oxygens (including phenoxy) is 1. The maximum absolute atomic E-state index is 12.7. The number of carbonyl (C=O) groups is 4. The van der Waals surface area contributed by atoms with Gasteiger partial charge in [0, 0.05) is 3.57 Å². The fourth-order valence-corrected chi connectivity index (χ4v) is 3.85. The van der Waals surface area contributed by atoms with E-state index in [4.69, 9.17) is 4.74 Å². The molecule has 2 N–H and O–H groups in total. The zero-order valence-electron chi connectivity index (χ0n) is 14.8. The summed E-state index contributed by atoms with van der Waals surface area (Å²) in [7, 11) is 0. The first-order valence-electron chi connectivity index (χ1n) is 8.69. The second-order valence-electron chi connectivity index (χ2n) is 6.96. The molecule has 0 radical (unpaired) electrons. The molecule has 0 atom stereocenters. The first-order valence-corrected chi connectivity index (χ1v) is 9.77. The van der Waals surface area contributed by atoms with E-state index in [2.05, 4.69) is 40.3 Å².